The van der Waals surface area contributed by atoms with Crippen LogP contribution < -0.4 is 14.4 Å². The van der Waals surface area contributed by atoms with E-state index in [0.717, 1.165) is 23.8 Å². The number of hydrogen-bond donors (Lipinski definition) is 1. The Morgan fingerprint density at radius 1 is 0.953 bits per heavy atom. The first-order valence-electron chi connectivity index (χ1n) is 14.6. The van der Waals surface area contributed by atoms with E-state index in [0.29, 0.717) is 29.5 Å². The lowest BCUT2D eigenvalue weighted by Gasteiger charge is -2.32. The van der Waals surface area contributed by atoms with Crippen molar-refractivity contribution in [2.75, 3.05) is 23.7 Å². The fourth-order valence-corrected chi connectivity index (χ4v) is 5.88. The van der Waals surface area contributed by atoms with Gasteiger partial charge in [-0.15, -0.1) is 0 Å². The highest BCUT2D eigenvalue weighted by atomic mass is 35.5. The number of amides is 2. The molecule has 0 aliphatic rings. The molecule has 0 aromatic heterocycles. The standard InChI is InChI=1S/C33H42ClN3O5S/c1-5-25(3)35-33(39)31(23-26-12-8-7-9-13-26)36(24-27-14-10-15-28(34)22-27)32(38)16-11-21-37(43(4,40)41)29-17-19-30(20-18-29)42-6-2/h7-10,12-15,17-20,22,25,31H,5-6,11,16,21,23-24H2,1-4H3,(H,35,39)/t25-,31+/m0/s1. The summed E-state index contributed by atoms with van der Waals surface area (Å²) in [5, 5.41) is 3.59. The topological polar surface area (TPSA) is 96.0 Å². The van der Waals surface area contributed by atoms with Crippen LogP contribution in [0.4, 0.5) is 5.69 Å². The Bertz CT molecular complexity index is 1430. The Labute approximate surface area is 261 Å². The first kappa shape index (κ1) is 33.9. The van der Waals surface area contributed by atoms with E-state index in [1.165, 1.54) is 4.31 Å². The van der Waals surface area contributed by atoms with Gasteiger partial charge in [0.2, 0.25) is 21.8 Å². The van der Waals surface area contributed by atoms with Crippen LogP contribution in [0.1, 0.15) is 51.2 Å². The summed E-state index contributed by atoms with van der Waals surface area (Å²) >= 11 is 6.26. The highest BCUT2D eigenvalue weighted by Crippen LogP contribution is 2.23. The summed E-state index contributed by atoms with van der Waals surface area (Å²) in [5.41, 5.74) is 2.21. The van der Waals surface area contributed by atoms with Crippen molar-refractivity contribution >= 4 is 39.1 Å². The number of rotatable bonds is 16. The number of carbonyl (C=O) groups excluding carboxylic acids is 2. The normalized spacial score (nSPS) is 12.7. The van der Waals surface area contributed by atoms with Crippen molar-refractivity contribution in [3.05, 3.63) is 95.0 Å². The van der Waals surface area contributed by atoms with E-state index in [4.69, 9.17) is 16.3 Å². The lowest BCUT2D eigenvalue weighted by Crippen LogP contribution is -2.52. The molecule has 0 saturated carbocycles. The summed E-state index contributed by atoms with van der Waals surface area (Å²) in [5.74, 6) is 0.160. The molecule has 0 aliphatic heterocycles. The second-order valence-corrected chi connectivity index (χ2v) is 12.9. The molecular weight excluding hydrogens is 586 g/mol. The van der Waals surface area contributed by atoms with E-state index in [1.807, 2.05) is 63.2 Å². The number of carbonyl (C=O) groups is 2. The molecule has 3 aromatic rings. The first-order chi connectivity index (χ1) is 20.5. The number of benzene rings is 3. The van der Waals surface area contributed by atoms with Gasteiger partial charge in [0.25, 0.3) is 0 Å². The molecule has 0 bridgehead atoms. The average molecular weight is 628 g/mol. The highest BCUT2D eigenvalue weighted by molar-refractivity contribution is 7.92. The number of hydrogen-bond acceptors (Lipinski definition) is 5. The zero-order chi connectivity index (χ0) is 31.4. The monoisotopic (exact) mass is 627 g/mol. The Morgan fingerprint density at radius 3 is 2.23 bits per heavy atom. The molecule has 0 radical (unpaired) electrons. The zero-order valence-corrected chi connectivity index (χ0v) is 26.9. The van der Waals surface area contributed by atoms with Crippen molar-refractivity contribution < 1.29 is 22.7 Å². The Hall–Kier alpha value is -3.56. The average Bonchev–Trinajstić information content (AvgIpc) is 2.97. The van der Waals surface area contributed by atoms with Gasteiger partial charge in [0.05, 0.1) is 18.6 Å². The van der Waals surface area contributed by atoms with E-state index in [-0.39, 0.29) is 43.8 Å². The molecule has 2 amide bonds. The van der Waals surface area contributed by atoms with Gasteiger partial charge in [-0.25, -0.2) is 8.42 Å². The molecule has 0 unspecified atom stereocenters. The lowest BCUT2D eigenvalue weighted by atomic mass is 10.0. The largest absolute Gasteiger partial charge is 0.494 e. The van der Waals surface area contributed by atoms with Crippen molar-refractivity contribution in [1.82, 2.24) is 10.2 Å². The van der Waals surface area contributed by atoms with Crippen LogP contribution in [0.25, 0.3) is 0 Å². The third-order valence-corrected chi connectivity index (χ3v) is 8.53. The van der Waals surface area contributed by atoms with Gasteiger partial charge in [0.15, 0.2) is 0 Å². The molecule has 3 rings (SSSR count). The van der Waals surface area contributed by atoms with Crippen molar-refractivity contribution in [1.29, 1.82) is 0 Å². The minimum atomic E-state index is -3.61. The Morgan fingerprint density at radius 2 is 1.63 bits per heavy atom. The number of nitrogens with zero attached hydrogens (tertiary/aromatic N) is 2. The summed E-state index contributed by atoms with van der Waals surface area (Å²) < 4.78 is 32.1. The molecule has 2 atom stereocenters. The van der Waals surface area contributed by atoms with Crippen molar-refractivity contribution in [2.24, 2.45) is 0 Å². The maximum absolute atomic E-state index is 13.9. The predicted molar refractivity (Wildman–Crippen MR) is 173 cm³/mol. The molecule has 0 heterocycles. The Kier molecular flexibility index (Phi) is 12.9. The van der Waals surface area contributed by atoms with Crippen LogP contribution in [-0.2, 0) is 32.6 Å². The van der Waals surface area contributed by atoms with Gasteiger partial charge in [-0.3, -0.25) is 13.9 Å². The summed E-state index contributed by atoms with van der Waals surface area (Å²) in [6.07, 6.45) is 2.53. The van der Waals surface area contributed by atoms with Crippen LogP contribution in [0.3, 0.4) is 0 Å². The molecule has 0 aliphatic carbocycles. The van der Waals surface area contributed by atoms with Gasteiger partial charge in [-0.2, -0.15) is 0 Å². The molecule has 0 saturated heterocycles. The number of ether oxygens (including phenoxy) is 1. The summed E-state index contributed by atoms with van der Waals surface area (Å²) in [6.45, 7) is 6.59. The maximum Gasteiger partial charge on any atom is 0.243 e. The predicted octanol–water partition coefficient (Wildman–Crippen LogP) is 5.84. The number of nitrogens with one attached hydrogen (secondary N) is 1. The molecule has 1 N–H and O–H groups in total. The molecule has 10 heteroatoms. The van der Waals surface area contributed by atoms with E-state index in [1.54, 1.807) is 41.3 Å². The molecule has 0 fully saturated rings. The van der Waals surface area contributed by atoms with E-state index in [2.05, 4.69) is 5.32 Å². The molecule has 43 heavy (non-hydrogen) atoms. The summed E-state index contributed by atoms with van der Waals surface area (Å²) in [7, 11) is -3.61. The van der Waals surface area contributed by atoms with Gasteiger partial charge >= 0.3 is 0 Å². The smallest absolute Gasteiger partial charge is 0.243 e. The van der Waals surface area contributed by atoms with Gasteiger partial charge in [-0.05, 0) is 74.2 Å². The minimum Gasteiger partial charge on any atom is -0.494 e. The van der Waals surface area contributed by atoms with E-state index >= 15 is 0 Å². The number of halogens is 1. The third-order valence-electron chi connectivity index (χ3n) is 7.10. The van der Waals surface area contributed by atoms with Gasteiger partial charge in [0.1, 0.15) is 11.8 Å². The number of anilines is 1. The second kappa shape index (κ2) is 16.3. The van der Waals surface area contributed by atoms with Gasteiger partial charge < -0.3 is 15.0 Å². The maximum atomic E-state index is 13.9. The highest BCUT2D eigenvalue weighted by Gasteiger charge is 2.31. The molecule has 0 spiro atoms. The van der Waals surface area contributed by atoms with Crippen molar-refractivity contribution in [3.63, 3.8) is 0 Å². The quantitative estimate of drug-likeness (QED) is 0.215. The zero-order valence-electron chi connectivity index (χ0n) is 25.3. The summed E-state index contributed by atoms with van der Waals surface area (Å²) in [6, 6.07) is 22.8. The molecule has 232 valence electrons. The fourth-order valence-electron chi connectivity index (χ4n) is 4.71. The van der Waals surface area contributed by atoms with Gasteiger partial charge in [-0.1, -0.05) is 61.0 Å². The minimum absolute atomic E-state index is 0.0471. The Balaban J connectivity index is 1.87. The molecular formula is C33H42ClN3O5S. The van der Waals surface area contributed by atoms with E-state index < -0.39 is 16.1 Å². The van der Waals surface area contributed by atoms with Crippen molar-refractivity contribution in [2.45, 2.75) is 65.1 Å². The van der Waals surface area contributed by atoms with Crippen LogP contribution in [-0.4, -0.2) is 56.6 Å². The van der Waals surface area contributed by atoms with E-state index in [9.17, 15) is 18.0 Å². The van der Waals surface area contributed by atoms with Gasteiger partial charge in [0, 0.05) is 37.0 Å². The van der Waals surface area contributed by atoms with Crippen LogP contribution in [0.2, 0.25) is 5.02 Å². The van der Waals surface area contributed by atoms with Crippen LogP contribution in [0, 0.1) is 0 Å². The van der Waals surface area contributed by atoms with Crippen LogP contribution >= 0.6 is 11.6 Å². The van der Waals surface area contributed by atoms with Crippen LogP contribution in [0.5, 0.6) is 5.75 Å². The SMILES string of the molecule is CCOc1ccc(N(CCCC(=O)N(Cc2cccc(Cl)c2)[C@H](Cc2ccccc2)C(=O)N[C@@H](C)CC)S(C)(=O)=O)cc1. The van der Waals surface area contributed by atoms with Crippen molar-refractivity contribution in [3.8, 4) is 5.75 Å². The third kappa shape index (κ3) is 10.6. The summed E-state index contributed by atoms with van der Waals surface area (Å²) in [4.78, 5) is 29.2. The number of sulfonamides is 1. The van der Waals surface area contributed by atoms with Crippen LogP contribution in [0.15, 0.2) is 78.9 Å². The fraction of sp³-hybridized carbons (Fsp3) is 0.394. The molecule has 8 nitrogen and oxygen atoms in total. The first-order valence-corrected chi connectivity index (χ1v) is 16.8. The molecule has 3 aromatic carbocycles. The second-order valence-electron chi connectivity index (χ2n) is 10.5. The lowest BCUT2D eigenvalue weighted by molar-refractivity contribution is -0.141.